The van der Waals surface area contributed by atoms with Crippen molar-refractivity contribution in [3.8, 4) is 5.75 Å². The lowest BCUT2D eigenvalue weighted by Gasteiger charge is -2.36. The Labute approximate surface area is 114 Å². The Balaban J connectivity index is 1.93. The third-order valence-corrected chi connectivity index (χ3v) is 4.60. The molecule has 1 aliphatic carbocycles. The van der Waals surface area contributed by atoms with Gasteiger partial charge in [0.15, 0.2) is 0 Å². The highest BCUT2D eigenvalue weighted by Gasteiger charge is 2.42. The highest BCUT2D eigenvalue weighted by molar-refractivity contribution is 5.41. The molecule has 3 N–H and O–H groups in total. The van der Waals surface area contributed by atoms with Crippen molar-refractivity contribution in [2.45, 2.75) is 43.7 Å². The molecule has 1 heterocycles. The second-order valence-electron chi connectivity index (χ2n) is 5.54. The summed E-state index contributed by atoms with van der Waals surface area (Å²) < 4.78 is 11.4. The monoisotopic (exact) mass is 262 g/mol. The highest BCUT2D eigenvalue weighted by atomic mass is 16.5. The normalized spacial score (nSPS) is 22.0. The summed E-state index contributed by atoms with van der Waals surface area (Å²) in [4.78, 5) is 0. The molecule has 1 unspecified atom stereocenters. The number of hydrogen-bond acceptors (Lipinski definition) is 4. The molecule has 0 aromatic heterocycles. The molecule has 1 atom stereocenters. The van der Waals surface area contributed by atoms with Crippen molar-refractivity contribution in [1.29, 1.82) is 0 Å². The Morgan fingerprint density at radius 2 is 2.16 bits per heavy atom. The van der Waals surface area contributed by atoms with Crippen LogP contribution in [0.5, 0.6) is 5.75 Å². The summed E-state index contributed by atoms with van der Waals surface area (Å²) in [6, 6.07) is 6.42. The van der Waals surface area contributed by atoms with Gasteiger partial charge in [0, 0.05) is 13.5 Å². The molecule has 1 aromatic rings. The van der Waals surface area contributed by atoms with E-state index in [1.807, 2.05) is 0 Å². The van der Waals surface area contributed by atoms with E-state index in [4.69, 9.17) is 15.3 Å². The number of rotatable bonds is 4. The van der Waals surface area contributed by atoms with Gasteiger partial charge in [-0.3, -0.25) is 11.3 Å². The fraction of sp³-hybridized carbons (Fsp3) is 0.600. The van der Waals surface area contributed by atoms with Crippen LogP contribution in [0.4, 0.5) is 0 Å². The quantitative estimate of drug-likeness (QED) is 0.644. The fourth-order valence-corrected chi connectivity index (χ4v) is 3.52. The lowest BCUT2D eigenvalue weighted by atomic mass is 9.86. The van der Waals surface area contributed by atoms with Crippen molar-refractivity contribution >= 4 is 0 Å². The predicted octanol–water partition coefficient (Wildman–Crippen LogP) is 2.09. The van der Waals surface area contributed by atoms with E-state index in [-0.39, 0.29) is 11.6 Å². The molecule has 1 fully saturated rings. The van der Waals surface area contributed by atoms with Crippen LogP contribution >= 0.6 is 0 Å². The Bertz CT molecular complexity index is 455. The van der Waals surface area contributed by atoms with Crippen LogP contribution in [0.3, 0.4) is 0 Å². The zero-order valence-electron chi connectivity index (χ0n) is 11.4. The van der Waals surface area contributed by atoms with Crippen LogP contribution in [0, 0.1) is 0 Å². The van der Waals surface area contributed by atoms with Gasteiger partial charge in [-0.05, 0) is 30.0 Å². The molecule has 0 bridgehead atoms. The first kappa shape index (κ1) is 12.9. The molecule has 4 nitrogen and oxygen atoms in total. The van der Waals surface area contributed by atoms with Crippen molar-refractivity contribution in [3.05, 3.63) is 29.3 Å². The summed E-state index contributed by atoms with van der Waals surface area (Å²) in [5.74, 6) is 6.84. The molecule has 104 valence electrons. The van der Waals surface area contributed by atoms with E-state index in [1.54, 1.807) is 7.11 Å². The number of methoxy groups -OCH3 is 1. The van der Waals surface area contributed by atoms with Crippen LogP contribution < -0.4 is 16.0 Å². The molecule has 1 saturated carbocycles. The van der Waals surface area contributed by atoms with Gasteiger partial charge >= 0.3 is 0 Å². The van der Waals surface area contributed by atoms with Gasteiger partial charge in [-0.1, -0.05) is 25.0 Å². The van der Waals surface area contributed by atoms with Crippen molar-refractivity contribution in [2.75, 3.05) is 13.7 Å². The maximum absolute atomic E-state index is 5.85. The van der Waals surface area contributed by atoms with E-state index in [0.29, 0.717) is 0 Å². The molecule has 0 spiro atoms. The number of ether oxygens (including phenoxy) is 2. The SMILES string of the molecule is COC1(C(NN)c2ccc3c(c2)CCO3)CCCC1. The lowest BCUT2D eigenvalue weighted by Crippen LogP contribution is -2.46. The minimum atomic E-state index is -0.164. The van der Waals surface area contributed by atoms with Gasteiger partial charge in [0.25, 0.3) is 0 Å². The van der Waals surface area contributed by atoms with Gasteiger partial charge in [-0.25, -0.2) is 0 Å². The van der Waals surface area contributed by atoms with Gasteiger partial charge in [-0.2, -0.15) is 0 Å². The van der Waals surface area contributed by atoms with E-state index in [0.717, 1.165) is 31.6 Å². The largest absolute Gasteiger partial charge is 0.493 e. The third-order valence-electron chi connectivity index (χ3n) is 4.60. The average Bonchev–Trinajstić information content (AvgIpc) is 3.08. The maximum atomic E-state index is 5.85. The van der Waals surface area contributed by atoms with Crippen molar-refractivity contribution in [2.24, 2.45) is 5.84 Å². The second kappa shape index (κ2) is 5.12. The zero-order chi connectivity index (χ0) is 13.3. The molecule has 2 aliphatic rings. The molecular formula is C15H22N2O2. The molecule has 0 saturated heterocycles. The number of nitrogens with two attached hydrogens (primary N) is 1. The molecule has 0 radical (unpaired) electrons. The number of benzene rings is 1. The van der Waals surface area contributed by atoms with Gasteiger partial charge in [0.2, 0.25) is 0 Å². The summed E-state index contributed by atoms with van der Waals surface area (Å²) in [5.41, 5.74) is 5.30. The standard InChI is InChI=1S/C15H22N2O2/c1-18-15(7-2-3-8-15)14(17-16)12-4-5-13-11(10-12)6-9-19-13/h4-5,10,14,17H,2-3,6-9,16H2,1H3. The lowest BCUT2D eigenvalue weighted by molar-refractivity contribution is -0.0368. The summed E-state index contributed by atoms with van der Waals surface area (Å²) in [5, 5.41) is 0. The summed E-state index contributed by atoms with van der Waals surface area (Å²) >= 11 is 0. The minimum absolute atomic E-state index is 0.0471. The smallest absolute Gasteiger partial charge is 0.122 e. The van der Waals surface area contributed by atoms with Crippen LogP contribution in [0.15, 0.2) is 18.2 Å². The van der Waals surface area contributed by atoms with E-state index in [1.165, 1.54) is 24.0 Å². The van der Waals surface area contributed by atoms with Gasteiger partial charge in [-0.15, -0.1) is 0 Å². The molecular weight excluding hydrogens is 240 g/mol. The predicted molar refractivity (Wildman–Crippen MR) is 73.9 cm³/mol. The second-order valence-corrected chi connectivity index (χ2v) is 5.54. The fourth-order valence-electron chi connectivity index (χ4n) is 3.52. The van der Waals surface area contributed by atoms with Crippen molar-refractivity contribution in [1.82, 2.24) is 5.43 Å². The molecule has 3 rings (SSSR count). The number of hydrazine groups is 1. The van der Waals surface area contributed by atoms with Gasteiger partial charge in [0.1, 0.15) is 5.75 Å². The Morgan fingerprint density at radius 3 is 2.84 bits per heavy atom. The van der Waals surface area contributed by atoms with Crippen LogP contribution in [-0.4, -0.2) is 19.3 Å². The summed E-state index contributed by atoms with van der Waals surface area (Å²) in [6.45, 7) is 0.787. The molecule has 0 amide bonds. The number of fused-ring (bicyclic) bond motifs is 1. The Morgan fingerprint density at radius 1 is 1.37 bits per heavy atom. The first-order chi connectivity index (χ1) is 9.29. The third kappa shape index (κ3) is 2.14. The highest BCUT2D eigenvalue weighted by Crippen LogP contribution is 2.43. The summed E-state index contributed by atoms with van der Waals surface area (Å²) in [6.07, 6.45) is 5.53. The maximum Gasteiger partial charge on any atom is 0.122 e. The van der Waals surface area contributed by atoms with Crippen LogP contribution in [0.2, 0.25) is 0 Å². The van der Waals surface area contributed by atoms with E-state index in [2.05, 4.69) is 23.6 Å². The average molecular weight is 262 g/mol. The molecule has 1 aromatic carbocycles. The van der Waals surface area contributed by atoms with Gasteiger partial charge < -0.3 is 9.47 Å². The Kier molecular flexibility index (Phi) is 3.48. The first-order valence-corrected chi connectivity index (χ1v) is 7.06. The van der Waals surface area contributed by atoms with Crippen LogP contribution in [0.1, 0.15) is 42.9 Å². The van der Waals surface area contributed by atoms with Gasteiger partial charge in [0.05, 0.1) is 18.2 Å². The van der Waals surface area contributed by atoms with E-state index >= 15 is 0 Å². The van der Waals surface area contributed by atoms with Crippen LogP contribution in [-0.2, 0) is 11.2 Å². The molecule has 4 heteroatoms. The first-order valence-electron chi connectivity index (χ1n) is 7.06. The van der Waals surface area contributed by atoms with Crippen molar-refractivity contribution in [3.63, 3.8) is 0 Å². The number of hydrogen-bond donors (Lipinski definition) is 2. The number of nitrogens with one attached hydrogen (secondary N) is 1. The minimum Gasteiger partial charge on any atom is -0.493 e. The molecule has 1 aliphatic heterocycles. The zero-order valence-corrected chi connectivity index (χ0v) is 11.4. The van der Waals surface area contributed by atoms with Crippen molar-refractivity contribution < 1.29 is 9.47 Å². The topological polar surface area (TPSA) is 56.5 Å². The van der Waals surface area contributed by atoms with Crippen LogP contribution in [0.25, 0.3) is 0 Å². The van der Waals surface area contributed by atoms with E-state index in [9.17, 15) is 0 Å². The van der Waals surface area contributed by atoms with E-state index < -0.39 is 0 Å². The Hall–Kier alpha value is -1.10. The summed E-state index contributed by atoms with van der Waals surface area (Å²) in [7, 11) is 1.80. The molecule has 19 heavy (non-hydrogen) atoms.